The van der Waals surface area contributed by atoms with Crippen LogP contribution >= 0.6 is 7.82 Å². The lowest BCUT2D eigenvalue weighted by atomic mass is 10.1. The van der Waals surface area contributed by atoms with E-state index in [-0.39, 0.29) is 32.0 Å². The SMILES string of the molecule is CCCC/C=C\CCCCCCCC(=O)OC[C@H](COP(=O)(O)OCC[N+](C)(C)C)OC(=O)CCCCCCC/C=C\CC1OC1CCCCC. The van der Waals surface area contributed by atoms with Crippen molar-refractivity contribution >= 4 is 19.8 Å². The fraction of sp³-hybridized carbons (Fsp3) is 0.850. The van der Waals surface area contributed by atoms with Crippen molar-refractivity contribution in [2.75, 3.05) is 47.5 Å². The van der Waals surface area contributed by atoms with Crippen molar-refractivity contribution in [3.05, 3.63) is 24.3 Å². The maximum atomic E-state index is 12.6. The van der Waals surface area contributed by atoms with Crippen molar-refractivity contribution in [2.45, 2.75) is 173 Å². The van der Waals surface area contributed by atoms with Crippen molar-refractivity contribution in [2.24, 2.45) is 0 Å². The van der Waals surface area contributed by atoms with Crippen LogP contribution in [-0.2, 0) is 37.4 Å². The highest BCUT2D eigenvalue weighted by molar-refractivity contribution is 7.47. The first kappa shape index (κ1) is 47.5. The van der Waals surface area contributed by atoms with Crippen LogP contribution in [0.25, 0.3) is 0 Å². The Kier molecular flexibility index (Phi) is 27.8. The Morgan fingerprint density at radius 3 is 1.90 bits per heavy atom. The third kappa shape index (κ3) is 30.6. The molecule has 10 nitrogen and oxygen atoms in total. The maximum absolute atomic E-state index is 12.6. The lowest BCUT2D eigenvalue weighted by Crippen LogP contribution is -2.37. The molecule has 11 heteroatoms. The number of likely N-dealkylation sites (N-methyl/N-ethyl adjacent to an activating group) is 1. The molecule has 3 unspecified atom stereocenters. The first-order valence-electron chi connectivity index (χ1n) is 20.2. The Labute approximate surface area is 311 Å². The molecule has 0 radical (unpaired) electrons. The van der Waals surface area contributed by atoms with E-state index in [1.54, 1.807) is 0 Å². The van der Waals surface area contributed by atoms with Crippen molar-refractivity contribution in [3.8, 4) is 0 Å². The number of nitrogens with zero attached hydrogens (tertiary/aromatic N) is 1. The lowest BCUT2D eigenvalue weighted by Gasteiger charge is -2.24. The van der Waals surface area contributed by atoms with Gasteiger partial charge in [-0.3, -0.25) is 18.6 Å². The summed E-state index contributed by atoms with van der Waals surface area (Å²) in [7, 11) is 1.45. The first-order valence-corrected chi connectivity index (χ1v) is 21.7. The molecule has 0 aromatic heterocycles. The number of unbranched alkanes of at least 4 members (excludes halogenated alkanes) is 14. The third-order valence-corrected chi connectivity index (χ3v) is 9.86. The Balaban J connectivity index is 2.32. The minimum absolute atomic E-state index is 0.0255. The molecule has 298 valence electrons. The number of hydrogen-bond acceptors (Lipinski definition) is 8. The zero-order valence-electron chi connectivity index (χ0n) is 33.0. The number of ether oxygens (including phenoxy) is 3. The molecule has 51 heavy (non-hydrogen) atoms. The van der Waals surface area contributed by atoms with E-state index < -0.39 is 26.5 Å². The molecule has 0 spiro atoms. The van der Waals surface area contributed by atoms with Crippen LogP contribution in [0.3, 0.4) is 0 Å². The normalized spacial score (nSPS) is 17.9. The van der Waals surface area contributed by atoms with Crippen LogP contribution in [0, 0.1) is 0 Å². The Bertz CT molecular complexity index is 997. The van der Waals surface area contributed by atoms with Gasteiger partial charge in [0.1, 0.15) is 19.8 Å². The lowest BCUT2D eigenvalue weighted by molar-refractivity contribution is -0.870. The molecule has 0 bridgehead atoms. The van der Waals surface area contributed by atoms with Gasteiger partial charge in [0.25, 0.3) is 0 Å². The largest absolute Gasteiger partial charge is 0.472 e. The van der Waals surface area contributed by atoms with Gasteiger partial charge >= 0.3 is 19.8 Å². The second kappa shape index (κ2) is 29.9. The van der Waals surface area contributed by atoms with Gasteiger partial charge in [-0.15, -0.1) is 0 Å². The summed E-state index contributed by atoms with van der Waals surface area (Å²) in [6.45, 7) is 4.30. The standard InChI is InChI=1S/C40H74NO9P/c1-6-8-10-11-12-13-14-15-19-22-26-30-39(42)46-34-36(35-48-51(44,45)47-33-32-41(3,4)5)49-40(43)31-27-23-20-17-16-18-21-25-29-38-37(50-38)28-24-9-7-2/h11-12,21,25,36-38H,6-10,13-20,22-24,26-35H2,1-5H3/p+1/b12-11-,25-21-/t36-,37?,38?/m1/s1. The van der Waals surface area contributed by atoms with E-state index in [9.17, 15) is 19.0 Å². The molecule has 0 aromatic carbocycles. The van der Waals surface area contributed by atoms with Crippen LogP contribution < -0.4 is 0 Å². The highest BCUT2D eigenvalue weighted by Gasteiger charge is 2.36. The number of rotatable bonds is 35. The summed E-state index contributed by atoms with van der Waals surface area (Å²) in [5.41, 5.74) is 0. The van der Waals surface area contributed by atoms with Crippen LogP contribution in [0.15, 0.2) is 24.3 Å². The van der Waals surface area contributed by atoms with E-state index in [1.807, 2.05) is 21.1 Å². The zero-order chi connectivity index (χ0) is 37.6. The zero-order valence-corrected chi connectivity index (χ0v) is 33.9. The first-order chi connectivity index (χ1) is 24.5. The average Bonchev–Trinajstić information content (AvgIpc) is 3.82. The number of esters is 2. The number of carbonyl (C=O) groups is 2. The van der Waals surface area contributed by atoms with Crippen LogP contribution in [0.2, 0.25) is 0 Å². The van der Waals surface area contributed by atoms with Gasteiger partial charge in [0.2, 0.25) is 0 Å². The summed E-state index contributed by atoms with van der Waals surface area (Å²) in [4.78, 5) is 35.2. The van der Waals surface area contributed by atoms with Crippen LogP contribution in [-0.4, -0.2) is 87.1 Å². The summed E-state index contributed by atoms with van der Waals surface area (Å²) in [6.07, 6.45) is 31.1. The molecule has 0 saturated carbocycles. The van der Waals surface area contributed by atoms with E-state index in [0.717, 1.165) is 83.5 Å². The van der Waals surface area contributed by atoms with Gasteiger partial charge in [-0.2, -0.15) is 0 Å². The Morgan fingerprint density at radius 2 is 1.27 bits per heavy atom. The quantitative estimate of drug-likeness (QED) is 0.0169. The number of hydrogen-bond donors (Lipinski definition) is 1. The average molecular weight is 745 g/mol. The molecule has 4 atom stereocenters. The van der Waals surface area contributed by atoms with E-state index in [4.69, 9.17) is 23.3 Å². The highest BCUT2D eigenvalue weighted by Crippen LogP contribution is 2.43. The molecule has 0 amide bonds. The van der Waals surface area contributed by atoms with Crippen LogP contribution in [0.4, 0.5) is 0 Å². The predicted octanol–water partition coefficient (Wildman–Crippen LogP) is 9.78. The molecule has 1 aliphatic rings. The minimum atomic E-state index is -4.38. The molecule has 0 aromatic rings. The smallest absolute Gasteiger partial charge is 0.462 e. The van der Waals surface area contributed by atoms with Gasteiger partial charge in [-0.25, -0.2) is 4.57 Å². The fourth-order valence-electron chi connectivity index (χ4n) is 5.53. The number of quaternary nitrogens is 1. The van der Waals surface area contributed by atoms with Crippen molar-refractivity contribution < 1.29 is 46.8 Å². The molecule has 1 aliphatic heterocycles. The van der Waals surface area contributed by atoms with E-state index in [2.05, 4.69) is 38.2 Å². The summed E-state index contributed by atoms with van der Waals surface area (Å²) in [6, 6.07) is 0. The predicted molar refractivity (Wildman–Crippen MR) is 205 cm³/mol. The van der Waals surface area contributed by atoms with Gasteiger partial charge < -0.3 is 23.6 Å². The molecule has 1 saturated heterocycles. The minimum Gasteiger partial charge on any atom is -0.462 e. The highest BCUT2D eigenvalue weighted by atomic mass is 31.2. The van der Waals surface area contributed by atoms with Crippen molar-refractivity contribution in [1.29, 1.82) is 0 Å². The molecule has 1 rings (SSSR count). The number of phosphoric acid groups is 1. The second-order valence-corrected chi connectivity index (χ2v) is 16.5. The number of epoxide rings is 1. The van der Waals surface area contributed by atoms with Crippen molar-refractivity contribution in [3.63, 3.8) is 0 Å². The van der Waals surface area contributed by atoms with Crippen LogP contribution in [0.1, 0.15) is 155 Å². The van der Waals surface area contributed by atoms with Gasteiger partial charge in [-0.05, 0) is 57.8 Å². The molecular weight excluding hydrogens is 669 g/mol. The fourth-order valence-corrected chi connectivity index (χ4v) is 6.27. The molecule has 1 fully saturated rings. The van der Waals surface area contributed by atoms with Gasteiger partial charge in [0.05, 0.1) is 40.0 Å². The number of carbonyl (C=O) groups excluding carboxylic acids is 2. The summed E-state index contributed by atoms with van der Waals surface area (Å²) in [5, 5.41) is 0. The maximum Gasteiger partial charge on any atom is 0.472 e. The molecule has 0 aliphatic carbocycles. The number of allylic oxidation sites excluding steroid dienone is 3. The topological polar surface area (TPSA) is 121 Å². The van der Waals surface area contributed by atoms with E-state index >= 15 is 0 Å². The second-order valence-electron chi connectivity index (χ2n) is 15.0. The van der Waals surface area contributed by atoms with Crippen LogP contribution in [0.5, 0.6) is 0 Å². The van der Waals surface area contributed by atoms with Crippen molar-refractivity contribution in [1.82, 2.24) is 0 Å². The van der Waals surface area contributed by atoms with Gasteiger partial charge in [-0.1, -0.05) is 109 Å². The molecular formula is C40H75NO9P+. The molecule has 1 N–H and O–H groups in total. The summed E-state index contributed by atoms with van der Waals surface area (Å²) < 4.78 is 39.9. The van der Waals surface area contributed by atoms with Gasteiger partial charge in [0.15, 0.2) is 6.10 Å². The summed E-state index contributed by atoms with van der Waals surface area (Å²) in [5.74, 6) is -0.833. The molecule has 1 heterocycles. The Morgan fingerprint density at radius 1 is 0.706 bits per heavy atom. The van der Waals surface area contributed by atoms with E-state index in [0.29, 0.717) is 29.7 Å². The number of phosphoric ester groups is 1. The summed E-state index contributed by atoms with van der Waals surface area (Å²) >= 11 is 0. The van der Waals surface area contributed by atoms with E-state index in [1.165, 1.54) is 38.5 Å². The third-order valence-electron chi connectivity index (χ3n) is 8.88. The monoisotopic (exact) mass is 745 g/mol. The Hall–Kier alpha value is -1.55. The van der Waals surface area contributed by atoms with Gasteiger partial charge in [0, 0.05) is 12.8 Å².